The molecule has 1 amide bonds. The maximum Gasteiger partial charge on any atom is 0.236 e. The minimum absolute atomic E-state index is 0.153. The molecule has 4 heteroatoms. The zero-order valence-electron chi connectivity index (χ0n) is 14.2. The fraction of sp³-hybridized carbons (Fsp3) is 0.941. The third-order valence-corrected chi connectivity index (χ3v) is 4.66. The number of hydrogen-bond acceptors (Lipinski definition) is 3. The molecule has 21 heavy (non-hydrogen) atoms. The third-order valence-electron chi connectivity index (χ3n) is 4.66. The van der Waals surface area contributed by atoms with Gasteiger partial charge in [-0.05, 0) is 59.4 Å². The van der Waals surface area contributed by atoms with Crippen LogP contribution in [-0.2, 0) is 4.79 Å². The molecule has 1 unspecified atom stereocenters. The third kappa shape index (κ3) is 5.59. The highest BCUT2D eigenvalue weighted by Crippen LogP contribution is 2.18. The van der Waals surface area contributed by atoms with Crippen molar-refractivity contribution in [3.8, 4) is 0 Å². The van der Waals surface area contributed by atoms with Crippen molar-refractivity contribution in [2.45, 2.75) is 70.9 Å². The summed E-state index contributed by atoms with van der Waals surface area (Å²) in [6.07, 6.45) is 7.40. The predicted molar refractivity (Wildman–Crippen MR) is 87.4 cm³/mol. The first-order valence-corrected chi connectivity index (χ1v) is 8.72. The van der Waals surface area contributed by atoms with Crippen LogP contribution in [0.3, 0.4) is 0 Å². The van der Waals surface area contributed by atoms with Crippen LogP contribution >= 0.6 is 0 Å². The molecular weight excluding hydrogens is 262 g/mol. The number of amides is 1. The van der Waals surface area contributed by atoms with Gasteiger partial charge < -0.3 is 10.2 Å². The fourth-order valence-electron chi connectivity index (χ4n) is 3.34. The van der Waals surface area contributed by atoms with E-state index in [1.165, 1.54) is 38.5 Å². The van der Waals surface area contributed by atoms with Crippen molar-refractivity contribution in [2.75, 3.05) is 32.7 Å². The smallest absolute Gasteiger partial charge is 0.236 e. The Balaban J connectivity index is 1.84. The summed E-state index contributed by atoms with van der Waals surface area (Å²) in [5.74, 6) is 0.345. The molecule has 2 heterocycles. The number of hydrogen-bond donors (Lipinski definition) is 1. The molecule has 1 atom stereocenters. The van der Waals surface area contributed by atoms with Gasteiger partial charge in [0.2, 0.25) is 5.91 Å². The number of nitrogens with zero attached hydrogens (tertiary/aromatic N) is 2. The summed E-state index contributed by atoms with van der Waals surface area (Å²) >= 11 is 0. The van der Waals surface area contributed by atoms with E-state index in [1.807, 2.05) is 0 Å². The zero-order chi connectivity index (χ0) is 15.3. The summed E-state index contributed by atoms with van der Waals surface area (Å²) in [6, 6.07) is 0.520. The van der Waals surface area contributed by atoms with Crippen LogP contribution in [0.5, 0.6) is 0 Å². The Kier molecular flexibility index (Phi) is 6.06. The van der Waals surface area contributed by atoms with Crippen molar-refractivity contribution in [1.82, 2.24) is 15.1 Å². The van der Waals surface area contributed by atoms with E-state index in [4.69, 9.17) is 0 Å². The normalized spacial score (nSPS) is 25.1. The summed E-state index contributed by atoms with van der Waals surface area (Å²) in [5.41, 5.74) is 0.153. The van der Waals surface area contributed by atoms with Crippen LogP contribution in [-0.4, -0.2) is 60.0 Å². The van der Waals surface area contributed by atoms with Crippen LogP contribution in [0, 0.1) is 0 Å². The monoisotopic (exact) mass is 295 g/mol. The van der Waals surface area contributed by atoms with Crippen molar-refractivity contribution >= 4 is 5.91 Å². The van der Waals surface area contributed by atoms with Gasteiger partial charge in [0.15, 0.2) is 0 Å². The van der Waals surface area contributed by atoms with Crippen LogP contribution < -0.4 is 5.32 Å². The molecule has 122 valence electrons. The lowest BCUT2D eigenvalue weighted by atomic mass is 10.00. The number of piperidine rings is 2. The lowest BCUT2D eigenvalue weighted by Crippen LogP contribution is -2.52. The Morgan fingerprint density at radius 3 is 2.38 bits per heavy atom. The highest BCUT2D eigenvalue weighted by atomic mass is 16.2. The summed E-state index contributed by atoms with van der Waals surface area (Å²) < 4.78 is 0. The van der Waals surface area contributed by atoms with Crippen molar-refractivity contribution in [1.29, 1.82) is 0 Å². The number of rotatable bonds is 4. The van der Waals surface area contributed by atoms with E-state index >= 15 is 0 Å². The van der Waals surface area contributed by atoms with E-state index in [0.717, 1.165) is 26.2 Å². The first-order valence-electron chi connectivity index (χ1n) is 8.72. The first kappa shape index (κ1) is 16.8. The molecule has 0 aromatic heterocycles. The number of carbonyl (C=O) groups is 1. The maximum absolute atomic E-state index is 12.5. The van der Waals surface area contributed by atoms with Gasteiger partial charge in [0.05, 0.1) is 6.54 Å². The predicted octanol–water partition coefficient (Wildman–Crippen LogP) is 2.24. The second-order valence-corrected chi connectivity index (χ2v) is 7.69. The molecule has 0 aliphatic carbocycles. The molecular formula is C17H33N3O. The molecule has 0 saturated carbocycles. The van der Waals surface area contributed by atoms with Crippen molar-refractivity contribution < 1.29 is 4.79 Å². The van der Waals surface area contributed by atoms with Gasteiger partial charge >= 0.3 is 0 Å². The van der Waals surface area contributed by atoms with Crippen LogP contribution in [0.2, 0.25) is 0 Å². The maximum atomic E-state index is 12.5. The van der Waals surface area contributed by atoms with Gasteiger partial charge in [0.1, 0.15) is 0 Å². The van der Waals surface area contributed by atoms with Crippen LogP contribution in [0.25, 0.3) is 0 Å². The Labute approximate surface area is 130 Å². The van der Waals surface area contributed by atoms with Crippen LogP contribution in [0.1, 0.15) is 59.3 Å². The largest absolute Gasteiger partial charge is 0.342 e. The van der Waals surface area contributed by atoms with Gasteiger partial charge in [0.25, 0.3) is 0 Å². The molecule has 4 nitrogen and oxygen atoms in total. The molecule has 0 aromatic carbocycles. The lowest BCUT2D eigenvalue weighted by molar-refractivity contribution is -0.134. The van der Waals surface area contributed by atoms with Gasteiger partial charge in [-0.15, -0.1) is 0 Å². The molecule has 2 rings (SSSR count). The van der Waals surface area contributed by atoms with E-state index in [2.05, 4.69) is 35.9 Å². The second-order valence-electron chi connectivity index (χ2n) is 7.69. The van der Waals surface area contributed by atoms with Gasteiger partial charge in [-0.2, -0.15) is 0 Å². The number of carbonyl (C=O) groups excluding carboxylic acids is 1. The summed E-state index contributed by atoms with van der Waals surface area (Å²) in [5, 5.41) is 3.61. The van der Waals surface area contributed by atoms with Gasteiger partial charge in [0, 0.05) is 31.2 Å². The molecule has 0 radical (unpaired) electrons. The van der Waals surface area contributed by atoms with E-state index < -0.39 is 0 Å². The van der Waals surface area contributed by atoms with Crippen molar-refractivity contribution in [3.05, 3.63) is 0 Å². The lowest BCUT2D eigenvalue weighted by Gasteiger charge is -2.38. The van der Waals surface area contributed by atoms with Crippen LogP contribution in [0.4, 0.5) is 0 Å². The van der Waals surface area contributed by atoms with Gasteiger partial charge in [-0.3, -0.25) is 9.69 Å². The molecule has 0 aromatic rings. The topological polar surface area (TPSA) is 35.6 Å². The Morgan fingerprint density at radius 1 is 1.05 bits per heavy atom. The summed E-state index contributed by atoms with van der Waals surface area (Å²) in [6.45, 7) is 11.3. The SMILES string of the molecule is CC(C)(C)NCC1CCCCN1CC(=O)N1CCCCC1. The van der Waals surface area contributed by atoms with Gasteiger partial charge in [-0.1, -0.05) is 6.42 Å². The molecule has 1 N–H and O–H groups in total. The van der Waals surface area contributed by atoms with E-state index in [0.29, 0.717) is 18.5 Å². The zero-order valence-corrected chi connectivity index (χ0v) is 14.2. The minimum atomic E-state index is 0.153. The number of nitrogens with one attached hydrogen (secondary N) is 1. The second kappa shape index (κ2) is 7.59. The standard InChI is InChI=1S/C17H33N3O/c1-17(2,3)18-13-15-9-5-8-12-20(15)14-16(21)19-10-6-4-7-11-19/h15,18H,4-14H2,1-3H3. The highest BCUT2D eigenvalue weighted by molar-refractivity contribution is 5.78. The van der Waals surface area contributed by atoms with E-state index in [1.54, 1.807) is 0 Å². The fourth-order valence-corrected chi connectivity index (χ4v) is 3.34. The highest BCUT2D eigenvalue weighted by Gasteiger charge is 2.27. The molecule has 2 aliphatic heterocycles. The van der Waals surface area contributed by atoms with E-state index in [-0.39, 0.29) is 5.54 Å². The Hall–Kier alpha value is -0.610. The van der Waals surface area contributed by atoms with Crippen LogP contribution in [0.15, 0.2) is 0 Å². The van der Waals surface area contributed by atoms with Crippen molar-refractivity contribution in [3.63, 3.8) is 0 Å². The summed E-state index contributed by atoms with van der Waals surface area (Å²) in [4.78, 5) is 17.0. The van der Waals surface area contributed by atoms with Gasteiger partial charge in [-0.25, -0.2) is 0 Å². The van der Waals surface area contributed by atoms with E-state index in [9.17, 15) is 4.79 Å². The molecule has 0 spiro atoms. The molecule has 2 aliphatic rings. The molecule has 0 bridgehead atoms. The molecule has 2 saturated heterocycles. The quantitative estimate of drug-likeness (QED) is 0.864. The summed E-state index contributed by atoms with van der Waals surface area (Å²) in [7, 11) is 0. The van der Waals surface area contributed by atoms with Crippen molar-refractivity contribution in [2.24, 2.45) is 0 Å². The molecule has 2 fully saturated rings. The Morgan fingerprint density at radius 2 is 1.71 bits per heavy atom. The number of likely N-dealkylation sites (tertiary alicyclic amines) is 2. The first-order chi connectivity index (χ1) is 9.96. The minimum Gasteiger partial charge on any atom is -0.342 e. The Bertz CT molecular complexity index is 331. The average Bonchev–Trinajstić information content (AvgIpc) is 2.46. The average molecular weight is 295 g/mol.